The molecule has 1 aromatic heterocycles. The lowest BCUT2D eigenvalue weighted by molar-refractivity contribution is 0.0605. The molecule has 1 N–H and O–H groups in total. The maximum atomic E-state index is 11.5. The highest BCUT2D eigenvalue weighted by molar-refractivity contribution is 7.17. The van der Waals surface area contributed by atoms with E-state index < -0.39 is 0 Å². The molecule has 1 saturated carbocycles. The number of carbonyl (C=O) groups excluding carboxylic acids is 1. The summed E-state index contributed by atoms with van der Waals surface area (Å²) in [6.45, 7) is 4.04. The summed E-state index contributed by atoms with van der Waals surface area (Å²) >= 11 is 1.38. The number of carbonyl (C=O) groups is 1. The average Bonchev–Trinajstić information content (AvgIpc) is 2.97. The standard InChI is InChI=1S/C13H20N2O2S/c1-8(10-6-4-5-7-10)14-13-15-9(2)11(18-13)12(16)17-3/h8,10H,4-7H2,1-3H3,(H,14,15). The van der Waals surface area contributed by atoms with Crippen molar-refractivity contribution in [3.05, 3.63) is 10.6 Å². The van der Waals surface area contributed by atoms with Crippen molar-refractivity contribution < 1.29 is 9.53 Å². The summed E-state index contributed by atoms with van der Waals surface area (Å²) in [5, 5.41) is 4.25. The minimum absolute atomic E-state index is 0.299. The molecule has 0 aliphatic heterocycles. The smallest absolute Gasteiger partial charge is 0.350 e. The molecule has 0 aromatic carbocycles. The van der Waals surface area contributed by atoms with Gasteiger partial charge in [0, 0.05) is 6.04 Å². The number of thiazole rings is 1. The Morgan fingerprint density at radius 2 is 2.17 bits per heavy atom. The van der Waals surface area contributed by atoms with Crippen LogP contribution in [0.15, 0.2) is 0 Å². The van der Waals surface area contributed by atoms with Gasteiger partial charge < -0.3 is 10.1 Å². The Kier molecular flexibility index (Phi) is 4.22. The minimum Gasteiger partial charge on any atom is -0.465 e. The first-order valence-electron chi connectivity index (χ1n) is 6.44. The number of ether oxygens (including phenoxy) is 1. The first-order valence-corrected chi connectivity index (χ1v) is 7.25. The molecular formula is C13H20N2O2S. The number of anilines is 1. The molecule has 18 heavy (non-hydrogen) atoms. The van der Waals surface area contributed by atoms with E-state index in [4.69, 9.17) is 4.74 Å². The van der Waals surface area contributed by atoms with Crippen molar-refractivity contribution >= 4 is 22.4 Å². The molecule has 1 aliphatic rings. The Labute approximate surface area is 112 Å². The van der Waals surface area contributed by atoms with E-state index in [1.54, 1.807) is 0 Å². The van der Waals surface area contributed by atoms with Gasteiger partial charge in [0.05, 0.1) is 12.8 Å². The van der Waals surface area contributed by atoms with Crippen LogP contribution in [0, 0.1) is 12.8 Å². The second-order valence-electron chi connectivity index (χ2n) is 4.90. The monoisotopic (exact) mass is 268 g/mol. The van der Waals surface area contributed by atoms with Crippen LogP contribution in [-0.2, 0) is 4.74 Å². The molecule has 5 heteroatoms. The molecule has 1 atom stereocenters. The van der Waals surface area contributed by atoms with Crippen LogP contribution < -0.4 is 5.32 Å². The van der Waals surface area contributed by atoms with Gasteiger partial charge in [-0.2, -0.15) is 0 Å². The molecule has 0 bridgehead atoms. The molecule has 0 radical (unpaired) electrons. The van der Waals surface area contributed by atoms with Gasteiger partial charge in [-0.25, -0.2) is 9.78 Å². The van der Waals surface area contributed by atoms with Gasteiger partial charge in [-0.05, 0) is 32.6 Å². The highest BCUT2D eigenvalue weighted by atomic mass is 32.1. The van der Waals surface area contributed by atoms with Crippen LogP contribution in [0.1, 0.15) is 48.0 Å². The Hall–Kier alpha value is -1.10. The number of esters is 1. The lowest BCUT2D eigenvalue weighted by Crippen LogP contribution is -2.23. The summed E-state index contributed by atoms with van der Waals surface area (Å²) < 4.78 is 4.74. The van der Waals surface area contributed by atoms with Crippen molar-refractivity contribution in [3.63, 3.8) is 0 Å². The van der Waals surface area contributed by atoms with Gasteiger partial charge in [0.15, 0.2) is 5.13 Å². The lowest BCUT2D eigenvalue weighted by atomic mass is 10.0. The molecule has 1 aliphatic carbocycles. The number of hydrogen-bond donors (Lipinski definition) is 1. The maximum absolute atomic E-state index is 11.5. The molecule has 1 heterocycles. The van der Waals surface area contributed by atoms with E-state index in [1.165, 1.54) is 44.1 Å². The summed E-state index contributed by atoms with van der Waals surface area (Å²) in [6, 6.07) is 0.420. The highest BCUT2D eigenvalue weighted by Gasteiger charge is 2.23. The van der Waals surface area contributed by atoms with Crippen molar-refractivity contribution in [2.45, 2.75) is 45.6 Å². The average molecular weight is 268 g/mol. The van der Waals surface area contributed by atoms with Gasteiger partial charge in [0.25, 0.3) is 0 Å². The Morgan fingerprint density at radius 3 is 2.78 bits per heavy atom. The molecule has 1 aromatic rings. The summed E-state index contributed by atoms with van der Waals surface area (Å²) in [5.41, 5.74) is 0.743. The fraction of sp³-hybridized carbons (Fsp3) is 0.692. The van der Waals surface area contributed by atoms with Gasteiger partial charge in [0.1, 0.15) is 4.88 Å². The Morgan fingerprint density at radius 1 is 1.50 bits per heavy atom. The summed E-state index contributed by atoms with van der Waals surface area (Å²) in [6.07, 6.45) is 5.26. The molecule has 1 fully saturated rings. The normalized spacial score (nSPS) is 17.7. The quantitative estimate of drug-likeness (QED) is 0.852. The van der Waals surface area contributed by atoms with E-state index in [0.29, 0.717) is 10.9 Å². The van der Waals surface area contributed by atoms with Crippen molar-refractivity contribution in [3.8, 4) is 0 Å². The predicted octanol–water partition coefficient (Wildman–Crippen LogP) is 3.23. The third-order valence-electron chi connectivity index (χ3n) is 3.63. The number of methoxy groups -OCH3 is 1. The predicted molar refractivity (Wildman–Crippen MR) is 73.2 cm³/mol. The van der Waals surface area contributed by atoms with Crippen LogP contribution in [0.2, 0.25) is 0 Å². The van der Waals surface area contributed by atoms with Gasteiger partial charge in [-0.15, -0.1) is 0 Å². The molecule has 0 saturated heterocycles. The molecule has 0 amide bonds. The van der Waals surface area contributed by atoms with Crippen molar-refractivity contribution in [1.29, 1.82) is 0 Å². The van der Waals surface area contributed by atoms with Gasteiger partial charge in [-0.1, -0.05) is 24.2 Å². The fourth-order valence-corrected chi connectivity index (χ4v) is 3.49. The highest BCUT2D eigenvalue weighted by Crippen LogP contribution is 2.31. The van der Waals surface area contributed by atoms with Gasteiger partial charge in [0.2, 0.25) is 0 Å². The first-order chi connectivity index (χ1) is 8.61. The number of nitrogens with one attached hydrogen (secondary N) is 1. The van der Waals surface area contributed by atoms with E-state index in [0.717, 1.165) is 16.7 Å². The molecule has 0 spiro atoms. The van der Waals surface area contributed by atoms with Crippen molar-refractivity contribution in [2.75, 3.05) is 12.4 Å². The van der Waals surface area contributed by atoms with E-state index in [2.05, 4.69) is 17.2 Å². The zero-order valence-corrected chi connectivity index (χ0v) is 12.0. The van der Waals surface area contributed by atoms with Crippen LogP contribution in [0.25, 0.3) is 0 Å². The van der Waals surface area contributed by atoms with Crippen molar-refractivity contribution in [1.82, 2.24) is 4.98 Å². The molecule has 1 unspecified atom stereocenters. The lowest BCUT2D eigenvalue weighted by Gasteiger charge is -2.19. The molecule has 100 valence electrons. The second-order valence-corrected chi connectivity index (χ2v) is 5.90. The third kappa shape index (κ3) is 2.83. The molecular weight excluding hydrogens is 248 g/mol. The fourth-order valence-electron chi connectivity index (χ4n) is 2.51. The number of hydrogen-bond acceptors (Lipinski definition) is 5. The van der Waals surface area contributed by atoms with Gasteiger partial charge >= 0.3 is 5.97 Å². The summed E-state index contributed by atoms with van der Waals surface area (Å²) in [7, 11) is 1.40. The summed E-state index contributed by atoms with van der Waals surface area (Å²) in [4.78, 5) is 16.5. The van der Waals surface area contributed by atoms with Crippen LogP contribution in [0.4, 0.5) is 5.13 Å². The van der Waals surface area contributed by atoms with E-state index in [-0.39, 0.29) is 5.97 Å². The van der Waals surface area contributed by atoms with Crippen LogP contribution >= 0.6 is 11.3 Å². The van der Waals surface area contributed by atoms with Crippen LogP contribution in [0.3, 0.4) is 0 Å². The second kappa shape index (κ2) is 5.69. The molecule has 4 nitrogen and oxygen atoms in total. The Balaban J connectivity index is 2.03. The zero-order chi connectivity index (χ0) is 13.1. The number of nitrogens with zero attached hydrogens (tertiary/aromatic N) is 1. The zero-order valence-electron chi connectivity index (χ0n) is 11.2. The van der Waals surface area contributed by atoms with Crippen LogP contribution in [0.5, 0.6) is 0 Å². The SMILES string of the molecule is COC(=O)c1sc(NC(C)C2CCCC2)nc1C. The topological polar surface area (TPSA) is 51.2 Å². The van der Waals surface area contributed by atoms with E-state index in [9.17, 15) is 4.79 Å². The molecule has 2 rings (SSSR count). The van der Waals surface area contributed by atoms with Crippen molar-refractivity contribution in [2.24, 2.45) is 5.92 Å². The number of aromatic nitrogens is 1. The summed E-state index contributed by atoms with van der Waals surface area (Å²) in [5.74, 6) is 0.433. The largest absolute Gasteiger partial charge is 0.465 e. The van der Waals surface area contributed by atoms with E-state index in [1.807, 2.05) is 6.92 Å². The number of aryl methyl sites for hydroxylation is 1. The van der Waals surface area contributed by atoms with Crippen LogP contribution in [-0.4, -0.2) is 24.1 Å². The maximum Gasteiger partial charge on any atom is 0.350 e. The Bertz CT molecular complexity index is 425. The van der Waals surface area contributed by atoms with Gasteiger partial charge in [-0.3, -0.25) is 0 Å². The first kappa shape index (κ1) is 13.3. The third-order valence-corrected chi connectivity index (χ3v) is 4.69. The minimum atomic E-state index is -0.299. The number of rotatable bonds is 4. The van der Waals surface area contributed by atoms with E-state index >= 15 is 0 Å².